The van der Waals surface area contributed by atoms with E-state index in [4.69, 9.17) is 14.5 Å². The third kappa shape index (κ3) is 4.60. The number of ether oxygens (including phenoxy) is 2. The van der Waals surface area contributed by atoms with Crippen molar-refractivity contribution in [2.45, 2.75) is 12.6 Å². The molecule has 0 N–H and O–H groups in total. The molecule has 3 aromatic carbocycles. The predicted octanol–water partition coefficient (Wildman–Crippen LogP) is 5.75. The molecule has 0 aliphatic carbocycles. The van der Waals surface area contributed by atoms with E-state index in [1.165, 1.54) is 13.2 Å². The van der Waals surface area contributed by atoms with Crippen molar-refractivity contribution < 1.29 is 27.4 Å². The molecule has 1 saturated heterocycles. The van der Waals surface area contributed by atoms with Gasteiger partial charge in [-0.1, -0.05) is 24.3 Å². The van der Waals surface area contributed by atoms with Crippen LogP contribution in [0, 0.1) is 0 Å². The fourth-order valence-corrected chi connectivity index (χ4v) is 4.46. The number of carbonyl (C=O) groups is 1. The van der Waals surface area contributed by atoms with Gasteiger partial charge in [0.15, 0.2) is 5.75 Å². The second-order valence-electron chi connectivity index (χ2n) is 8.55. The van der Waals surface area contributed by atoms with E-state index in [0.717, 1.165) is 12.1 Å². The lowest BCUT2D eigenvalue weighted by Crippen LogP contribution is -2.37. The summed E-state index contributed by atoms with van der Waals surface area (Å²) in [5.41, 5.74) is 0.721. The highest BCUT2D eigenvalue weighted by Gasteiger charge is 2.33. The van der Waals surface area contributed by atoms with Crippen molar-refractivity contribution in [1.29, 1.82) is 0 Å². The normalized spacial score (nSPS) is 15.6. The van der Waals surface area contributed by atoms with E-state index in [1.54, 1.807) is 35.2 Å². The van der Waals surface area contributed by atoms with Gasteiger partial charge in [-0.3, -0.25) is 4.79 Å². The van der Waals surface area contributed by atoms with E-state index >= 15 is 0 Å². The number of para-hydroxylation sites is 2. The summed E-state index contributed by atoms with van der Waals surface area (Å²) in [5.74, 6) is 1.51. The van der Waals surface area contributed by atoms with Crippen molar-refractivity contribution in [3.63, 3.8) is 0 Å². The average Bonchev–Trinajstić information content (AvgIpc) is 3.22. The number of amidine groups is 1. The summed E-state index contributed by atoms with van der Waals surface area (Å²) in [5, 5.41) is 0. The summed E-state index contributed by atoms with van der Waals surface area (Å²) in [6.07, 6.45) is -3.79. The van der Waals surface area contributed by atoms with Crippen LogP contribution in [-0.2, 0) is 6.18 Å². The van der Waals surface area contributed by atoms with E-state index in [2.05, 4.69) is 4.90 Å². The fourth-order valence-electron chi connectivity index (χ4n) is 4.46. The van der Waals surface area contributed by atoms with Crippen molar-refractivity contribution in [1.82, 2.24) is 9.80 Å². The molecule has 0 aromatic heterocycles. The van der Waals surface area contributed by atoms with Crippen LogP contribution in [-0.4, -0.2) is 54.8 Å². The quantitative estimate of drug-likeness (QED) is 0.455. The lowest BCUT2D eigenvalue weighted by atomic mass is 10.1. The molecular weight excluding hydrogens is 471 g/mol. The number of hydrogen-bond donors (Lipinski definition) is 0. The Morgan fingerprint density at radius 3 is 2.53 bits per heavy atom. The Labute approximate surface area is 206 Å². The molecule has 186 valence electrons. The van der Waals surface area contributed by atoms with Crippen LogP contribution in [0.15, 0.2) is 71.7 Å². The van der Waals surface area contributed by atoms with E-state index in [9.17, 15) is 18.0 Å². The minimum Gasteiger partial charge on any atom is -0.496 e. The van der Waals surface area contributed by atoms with Gasteiger partial charge in [0.05, 0.1) is 23.8 Å². The molecule has 5 rings (SSSR count). The van der Waals surface area contributed by atoms with Gasteiger partial charge in [-0.2, -0.15) is 13.2 Å². The van der Waals surface area contributed by atoms with Crippen LogP contribution in [0.3, 0.4) is 0 Å². The van der Waals surface area contributed by atoms with E-state index in [-0.39, 0.29) is 11.7 Å². The van der Waals surface area contributed by atoms with Gasteiger partial charge in [0, 0.05) is 26.2 Å². The Morgan fingerprint density at radius 1 is 0.944 bits per heavy atom. The second kappa shape index (κ2) is 9.56. The average molecular weight is 496 g/mol. The van der Waals surface area contributed by atoms with Gasteiger partial charge >= 0.3 is 6.18 Å². The summed E-state index contributed by atoms with van der Waals surface area (Å²) in [6.45, 7) is 2.14. The third-order valence-corrected chi connectivity index (χ3v) is 6.28. The summed E-state index contributed by atoms with van der Waals surface area (Å²) < 4.78 is 51.2. The van der Waals surface area contributed by atoms with E-state index < -0.39 is 11.7 Å². The number of nitrogens with zero attached hydrogens (tertiary/aromatic N) is 3. The Hall–Kier alpha value is -4.01. The van der Waals surface area contributed by atoms with Gasteiger partial charge < -0.3 is 19.3 Å². The standard InChI is InChI=1S/C27H24F3N3O3/c1-35-22-9-4-3-8-20(22)26(34)33-14-6-13-32(15-16-33)25-19-7-2-5-10-23(19)36-24-17-18(27(28,29)30)11-12-21(24)31-25/h2-5,7-12,17H,6,13-16H2,1H3. The first-order chi connectivity index (χ1) is 17.3. The number of fused-ring (bicyclic) bond motifs is 2. The number of rotatable bonds is 2. The van der Waals surface area contributed by atoms with Crippen molar-refractivity contribution in [3.8, 4) is 17.2 Å². The highest BCUT2D eigenvalue weighted by atomic mass is 19.4. The van der Waals surface area contributed by atoms with Gasteiger partial charge in [-0.05, 0) is 48.9 Å². The molecule has 0 atom stereocenters. The van der Waals surface area contributed by atoms with Gasteiger partial charge in [0.2, 0.25) is 0 Å². The Balaban J connectivity index is 1.45. The maximum atomic E-state index is 13.3. The van der Waals surface area contributed by atoms with Gasteiger partial charge in [0.25, 0.3) is 5.91 Å². The zero-order valence-electron chi connectivity index (χ0n) is 19.6. The number of alkyl halides is 3. The minimum atomic E-state index is -4.49. The summed E-state index contributed by atoms with van der Waals surface area (Å²) in [4.78, 5) is 21.8. The maximum absolute atomic E-state index is 13.3. The Bertz CT molecular complexity index is 1320. The van der Waals surface area contributed by atoms with Crippen molar-refractivity contribution in [2.24, 2.45) is 4.99 Å². The van der Waals surface area contributed by atoms with Crippen LogP contribution in [0.25, 0.3) is 0 Å². The highest BCUT2D eigenvalue weighted by molar-refractivity contribution is 6.04. The number of methoxy groups -OCH3 is 1. The summed E-state index contributed by atoms with van der Waals surface area (Å²) >= 11 is 0. The highest BCUT2D eigenvalue weighted by Crippen LogP contribution is 2.42. The molecular formula is C27H24F3N3O3. The smallest absolute Gasteiger partial charge is 0.416 e. The zero-order valence-corrected chi connectivity index (χ0v) is 19.6. The molecule has 0 bridgehead atoms. The number of amides is 1. The van der Waals surface area contributed by atoms with Crippen LogP contribution in [0.1, 0.15) is 27.9 Å². The number of carbonyl (C=O) groups excluding carboxylic acids is 1. The van der Waals surface area contributed by atoms with Crippen LogP contribution in [0.2, 0.25) is 0 Å². The monoisotopic (exact) mass is 495 g/mol. The third-order valence-electron chi connectivity index (χ3n) is 6.28. The van der Waals surface area contributed by atoms with Gasteiger partial charge in [0.1, 0.15) is 23.0 Å². The molecule has 0 spiro atoms. The zero-order chi connectivity index (χ0) is 25.3. The fraction of sp³-hybridized carbons (Fsp3) is 0.259. The topological polar surface area (TPSA) is 54.4 Å². The lowest BCUT2D eigenvalue weighted by Gasteiger charge is -2.25. The van der Waals surface area contributed by atoms with Gasteiger partial charge in [-0.25, -0.2) is 4.99 Å². The molecule has 2 heterocycles. The largest absolute Gasteiger partial charge is 0.496 e. The maximum Gasteiger partial charge on any atom is 0.416 e. The van der Waals surface area contributed by atoms with Crippen LogP contribution in [0.5, 0.6) is 17.2 Å². The minimum absolute atomic E-state index is 0.0510. The molecule has 2 aliphatic rings. The van der Waals surface area contributed by atoms with Crippen LogP contribution < -0.4 is 9.47 Å². The lowest BCUT2D eigenvalue weighted by molar-refractivity contribution is -0.137. The number of halogens is 3. The summed E-state index contributed by atoms with van der Waals surface area (Å²) in [7, 11) is 1.54. The summed E-state index contributed by atoms with van der Waals surface area (Å²) in [6, 6.07) is 17.6. The van der Waals surface area contributed by atoms with Crippen molar-refractivity contribution in [3.05, 3.63) is 83.4 Å². The molecule has 1 amide bonds. The molecule has 1 fully saturated rings. The predicted molar refractivity (Wildman–Crippen MR) is 129 cm³/mol. The first-order valence-corrected chi connectivity index (χ1v) is 11.6. The van der Waals surface area contributed by atoms with Crippen LogP contribution >= 0.6 is 0 Å². The molecule has 36 heavy (non-hydrogen) atoms. The first-order valence-electron chi connectivity index (χ1n) is 11.6. The second-order valence-corrected chi connectivity index (χ2v) is 8.55. The molecule has 0 radical (unpaired) electrons. The van der Waals surface area contributed by atoms with E-state index in [1.807, 2.05) is 18.2 Å². The molecule has 9 heteroatoms. The molecule has 0 saturated carbocycles. The van der Waals surface area contributed by atoms with E-state index in [0.29, 0.717) is 66.7 Å². The van der Waals surface area contributed by atoms with Gasteiger partial charge in [-0.15, -0.1) is 0 Å². The molecule has 2 aliphatic heterocycles. The van der Waals surface area contributed by atoms with Crippen molar-refractivity contribution >= 4 is 17.4 Å². The molecule has 3 aromatic rings. The molecule has 0 unspecified atom stereocenters. The molecule has 6 nitrogen and oxygen atoms in total. The Morgan fingerprint density at radius 2 is 1.72 bits per heavy atom. The Kier molecular flexibility index (Phi) is 6.30. The number of hydrogen-bond acceptors (Lipinski definition) is 5. The number of aliphatic imine (C=N–C) groups is 1. The first kappa shape index (κ1) is 23.7. The van der Waals surface area contributed by atoms with Crippen LogP contribution in [0.4, 0.5) is 18.9 Å². The van der Waals surface area contributed by atoms with Crippen molar-refractivity contribution in [2.75, 3.05) is 33.3 Å². The number of benzene rings is 3. The SMILES string of the molecule is COc1ccccc1C(=O)N1CCCN(C2=Nc3ccc(C(F)(F)F)cc3Oc3ccccc32)CC1.